The van der Waals surface area contributed by atoms with Crippen LogP contribution in [0, 0.1) is 19.8 Å². The maximum Gasteiger partial charge on any atom is 0.349 e. The van der Waals surface area contributed by atoms with Crippen molar-refractivity contribution in [1.82, 2.24) is 25.3 Å². The Morgan fingerprint density at radius 1 is 1.07 bits per heavy atom. The van der Waals surface area contributed by atoms with Crippen molar-refractivity contribution in [2.24, 2.45) is 5.92 Å². The lowest BCUT2D eigenvalue weighted by atomic mass is 10.0. The van der Waals surface area contributed by atoms with Crippen molar-refractivity contribution in [3.63, 3.8) is 0 Å². The Hall–Kier alpha value is -4.87. The van der Waals surface area contributed by atoms with Gasteiger partial charge in [-0.1, -0.05) is 26.0 Å². The van der Waals surface area contributed by atoms with Gasteiger partial charge in [-0.3, -0.25) is 19.1 Å². The molecular formula is C33H41N5O7. The van der Waals surface area contributed by atoms with Gasteiger partial charge in [-0.2, -0.15) is 5.10 Å². The lowest BCUT2D eigenvalue weighted by Crippen LogP contribution is -2.54. The van der Waals surface area contributed by atoms with E-state index in [0.29, 0.717) is 17.9 Å². The molecule has 0 unspecified atom stereocenters. The summed E-state index contributed by atoms with van der Waals surface area (Å²) in [7, 11) is 2.65. The molecule has 0 fully saturated rings. The quantitative estimate of drug-likeness (QED) is 0.402. The summed E-state index contributed by atoms with van der Waals surface area (Å²) in [6, 6.07) is 12.4. The molecule has 240 valence electrons. The average molecular weight is 620 g/mol. The van der Waals surface area contributed by atoms with Crippen molar-refractivity contribution in [2.45, 2.75) is 59.4 Å². The number of fused-ring (bicyclic) bond motifs is 2. The molecule has 1 aliphatic rings. The number of aromatic nitrogens is 2. The number of nitrogens with one attached hydrogen (secondary N) is 2. The largest absolute Gasteiger partial charge is 0.493 e. The molecule has 12 heteroatoms. The molecule has 2 aromatic carbocycles. The Labute approximate surface area is 263 Å². The molecule has 0 radical (unpaired) electrons. The summed E-state index contributed by atoms with van der Waals surface area (Å²) in [5, 5.41) is 10.3. The zero-order valence-corrected chi connectivity index (χ0v) is 26.7. The fraction of sp³-hybridized carbons (Fsp3) is 0.424. The van der Waals surface area contributed by atoms with Crippen molar-refractivity contribution >= 4 is 23.7 Å². The van der Waals surface area contributed by atoms with E-state index in [2.05, 4.69) is 15.7 Å². The van der Waals surface area contributed by atoms with Crippen LogP contribution in [0.2, 0.25) is 0 Å². The highest BCUT2D eigenvalue weighted by atomic mass is 16.6. The van der Waals surface area contributed by atoms with Gasteiger partial charge >= 0.3 is 5.97 Å². The number of carbonyl (C=O) groups excluding carboxylic acids is 4. The summed E-state index contributed by atoms with van der Waals surface area (Å²) in [5.74, 6) is -1.70. The number of aryl methyl sites for hydroxylation is 2. The number of rotatable bonds is 6. The summed E-state index contributed by atoms with van der Waals surface area (Å²) < 4.78 is 18.2. The van der Waals surface area contributed by atoms with E-state index in [4.69, 9.17) is 14.2 Å². The van der Waals surface area contributed by atoms with Gasteiger partial charge in [-0.25, -0.2) is 4.79 Å². The highest BCUT2D eigenvalue weighted by Gasteiger charge is 2.33. The van der Waals surface area contributed by atoms with Crippen molar-refractivity contribution in [2.75, 3.05) is 27.3 Å². The normalized spacial score (nSPS) is 19.2. The summed E-state index contributed by atoms with van der Waals surface area (Å²) in [6.45, 7) is 9.56. The van der Waals surface area contributed by atoms with Crippen molar-refractivity contribution < 1.29 is 33.4 Å². The van der Waals surface area contributed by atoms with Crippen molar-refractivity contribution in [1.29, 1.82) is 0 Å². The van der Waals surface area contributed by atoms with Gasteiger partial charge in [0.1, 0.15) is 0 Å². The van der Waals surface area contributed by atoms with E-state index in [1.807, 2.05) is 44.5 Å². The van der Waals surface area contributed by atoms with Gasteiger partial charge in [-0.15, -0.1) is 0 Å². The number of methoxy groups -OCH3 is 2. The van der Waals surface area contributed by atoms with E-state index in [0.717, 1.165) is 17.0 Å². The van der Waals surface area contributed by atoms with Gasteiger partial charge < -0.3 is 29.7 Å². The van der Waals surface area contributed by atoms with Gasteiger partial charge in [0.2, 0.25) is 12.0 Å². The zero-order valence-electron chi connectivity index (χ0n) is 26.7. The zero-order chi connectivity index (χ0) is 32.8. The summed E-state index contributed by atoms with van der Waals surface area (Å²) in [6.07, 6.45) is -1.27. The predicted octanol–water partition coefficient (Wildman–Crippen LogP) is 2.89. The molecule has 0 saturated carbocycles. The van der Waals surface area contributed by atoms with Crippen LogP contribution >= 0.6 is 0 Å². The first kappa shape index (κ1) is 33.0. The van der Waals surface area contributed by atoms with Crippen LogP contribution in [0.15, 0.2) is 48.5 Å². The molecule has 2 heterocycles. The minimum atomic E-state index is -1.27. The summed E-state index contributed by atoms with van der Waals surface area (Å²) in [4.78, 5) is 55.1. The second-order valence-corrected chi connectivity index (χ2v) is 11.6. The smallest absolute Gasteiger partial charge is 0.349 e. The van der Waals surface area contributed by atoms with E-state index in [1.165, 1.54) is 25.2 Å². The number of carbonyl (C=O) groups is 4. The molecule has 1 aliphatic heterocycles. The fourth-order valence-electron chi connectivity index (χ4n) is 5.19. The van der Waals surface area contributed by atoms with Crippen LogP contribution in [0.25, 0.3) is 0 Å². The topological polar surface area (TPSA) is 141 Å². The van der Waals surface area contributed by atoms with Gasteiger partial charge in [0.15, 0.2) is 11.5 Å². The SMILES string of the molecule is COC(=O)[C@@H]1Oc2cc(ccc2OC)C(=O)N[C@@H](C(C)C)CN(C(=O)c2cccc(Cn3nc(C)cc3C)c2)CC(=O)N[C@H]1C. The number of ether oxygens (including phenoxy) is 3. The van der Waals surface area contributed by atoms with Crippen LogP contribution in [-0.4, -0.2) is 83.9 Å². The molecular weight excluding hydrogens is 578 g/mol. The third kappa shape index (κ3) is 8.00. The molecule has 4 rings (SSSR count). The highest BCUT2D eigenvalue weighted by molar-refractivity contribution is 5.97. The Morgan fingerprint density at radius 3 is 2.47 bits per heavy atom. The number of esters is 1. The van der Waals surface area contributed by atoms with Crippen LogP contribution in [-0.2, 0) is 20.9 Å². The molecule has 1 aromatic heterocycles. The minimum Gasteiger partial charge on any atom is -0.493 e. The van der Waals surface area contributed by atoms with E-state index >= 15 is 0 Å². The fourth-order valence-corrected chi connectivity index (χ4v) is 5.19. The second-order valence-electron chi connectivity index (χ2n) is 11.6. The molecule has 3 aromatic rings. The maximum absolute atomic E-state index is 14.0. The Bertz CT molecular complexity index is 1570. The van der Waals surface area contributed by atoms with Gasteiger partial charge in [-0.05, 0) is 68.7 Å². The van der Waals surface area contributed by atoms with Gasteiger partial charge in [0.05, 0.1) is 39.0 Å². The van der Waals surface area contributed by atoms with E-state index in [9.17, 15) is 19.2 Å². The Kier molecular flexibility index (Phi) is 10.5. The minimum absolute atomic E-state index is 0.0612. The lowest BCUT2D eigenvalue weighted by molar-refractivity contribution is -0.150. The molecule has 0 spiro atoms. The average Bonchev–Trinajstić information content (AvgIpc) is 3.33. The van der Waals surface area contributed by atoms with Gasteiger partial charge in [0, 0.05) is 29.4 Å². The second kappa shape index (κ2) is 14.3. The van der Waals surface area contributed by atoms with Crippen LogP contribution < -0.4 is 20.1 Å². The third-order valence-electron chi connectivity index (χ3n) is 7.73. The Balaban J connectivity index is 1.70. The lowest BCUT2D eigenvalue weighted by Gasteiger charge is -2.32. The van der Waals surface area contributed by atoms with Gasteiger partial charge in [0.25, 0.3) is 11.8 Å². The molecule has 45 heavy (non-hydrogen) atoms. The van der Waals surface area contributed by atoms with E-state index in [-0.39, 0.29) is 36.2 Å². The molecule has 3 atom stereocenters. The molecule has 3 amide bonds. The predicted molar refractivity (Wildman–Crippen MR) is 166 cm³/mol. The first-order valence-corrected chi connectivity index (χ1v) is 14.8. The van der Waals surface area contributed by atoms with E-state index in [1.54, 1.807) is 37.3 Å². The molecule has 12 nitrogen and oxygen atoms in total. The van der Waals surface area contributed by atoms with Crippen LogP contribution in [0.5, 0.6) is 11.5 Å². The van der Waals surface area contributed by atoms with Crippen molar-refractivity contribution in [3.05, 3.63) is 76.6 Å². The standard InChI is InChI=1S/C33H41N5O7/c1-19(2)26-17-37(32(41)25-10-8-9-23(14-25)16-38-21(4)13-20(3)36-38)18-29(39)34-22(5)30(33(42)44-7)45-28-15-24(31(40)35-26)11-12-27(28)43-6/h8-15,19,22,26,30H,16-18H2,1-7H3,(H,34,39)(H,35,40)/t22-,26+,30+/m0/s1. The van der Waals surface area contributed by atoms with Crippen LogP contribution in [0.3, 0.4) is 0 Å². The number of hydrogen-bond acceptors (Lipinski definition) is 8. The highest BCUT2D eigenvalue weighted by Crippen LogP contribution is 2.30. The number of benzene rings is 2. The maximum atomic E-state index is 14.0. The molecule has 0 aliphatic carbocycles. The molecule has 2 N–H and O–H groups in total. The number of amides is 3. The third-order valence-corrected chi connectivity index (χ3v) is 7.73. The van der Waals surface area contributed by atoms with Crippen LogP contribution in [0.4, 0.5) is 0 Å². The number of hydrogen-bond donors (Lipinski definition) is 2. The molecule has 2 bridgehead atoms. The number of nitrogens with zero attached hydrogens (tertiary/aromatic N) is 3. The van der Waals surface area contributed by atoms with E-state index < -0.39 is 36.0 Å². The summed E-state index contributed by atoms with van der Waals surface area (Å²) in [5.41, 5.74) is 3.43. The summed E-state index contributed by atoms with van der Waals surface area (Å²) >= 11 is 0. The monoisotopic (exact) mass is 619 g/mol. The van der Waals surface area contributed by atoms with Crippen LogP contribution in [0.1, 0.15) is 58.4 Å². The molecule has 0 saturated heterocycles. The van der Waals surface area contributed by atoms with Crippen molar-refractivity contribution in [3.8, 4) is 11.5 Å². The first-order valence-electron chi connectivity index (χ1n) is 14.8. The Morgan fingerprint density at radius 2 is 1.82 bits per heavy atom. The first-order chi connectivity index (χ1) is 21.4.